The monoisotopic (exact) mass is 290 g/mol. The molecular weight excluding hydrogens is 282 g/mol. The zero-order valence-electron chi connectivity index (χ0n) is 10.4. The van der Waals surface area contributed by atoms with Crippen molar-refractivity contribution in [1.29, 1.82) is 0 Å². The third kappa shape index (κ3) is 2.18. The Kier molecular flexibility index (Phi) is 2.83. The number of nitrogens with zero attached hydrogens (tertiary/aromatic N) is 1. The summed E-state index contributed by atoms with van der Waals surface area (Å²) in [6, 6.07) is 6.73. The Morgan fingerprint density at radius 2 is 1.76 bits per heavy atom. The largest absolute Gasteiger partial charge is 0.478 e. The lowest BCUT2D eigenvalue weighted by atomic mass is 10.2. The van der Waals surface area contributed by atoms with Gasteiger partial charge in [0.2, 0.25) is 0 Å². The van der Waals surface area contributed by atoms with Crippen LogP contribution in [0.25, 0.3) is 16.7 Å². The molecule has 0 atom stereocenters. The summed E-state index contributed by atoms with van der Waals surface area (Å²) in [4.78, 5) is 25.3. The number of aromatic nitrogens is 2. The number of rotatable bonds is 2. The molecule has 2 N–H and O–H groups in total. The summed E-state index contributed by atoms with van der Waals surface area (Å²) in [6.07, 6.45) is 0. The standard InChI is InChI=1S/C14H8F2N2O3/c15-8-4-9(16)6-10(5-8)18-12-2-1-7(13(19)20)3-11(12)17-14(18)21/h1-6H,(H,17,21)(H,19,20). The van der Waals surface area contributed by atoms with Gasteiger partial charge in [-0.2, -0.15) is 0 Å². The van der Waals surface area contributed by atoms with Gasteiger partial charge in [-0.05, 0) is 30.3 Å². The number of imidazole rings is 1. The summed E-state index contributed by atoms with van der Waals surface area (Å²) in [7, 11) is 0. The molecule has 1 heterocycles. The van der Waals surface area contributed by atoms with Crippen molar-refractivity contribution in [1.82, 2.24) is 9.55 Å². The van der Waals surface area contributed by atoms with Crippen LogP contribution in [0.5, 0.6) is 0 Å². The van der Waals surface area contributed by atoms with Crippen molar-refractivity contribution in [3.05, 3.63) is 64.1 Å². The molecule has 0 saturated carbocycles. The predicted molar refractivity (Wildman–Crippen MR) is 70.8 cm³/mol. The number of nitrogens with one attached hydrogen (secondary N) is 1. The van der Waals surface area contributed by atoms with E-state index in [9.17, 15) is 18.4 Å². The summed E-state index contributed by atoms with van der Waals surface area (Å²) in [5, 5.41) is 8.91. The van der Waals surface area contributed by atoms with E-state index in [1.54, 1.807) is 0 Å². The molecule has 0 saturated heterocycles. The van der Waals surface area contributed by atoms with Crippen LogP contribution in [0.15, 0.2) is 41.2 Å². The van der Waals surface area contributed by atoms with E-state index in [1.165, 1.54) is 18.2 Å². The normalized spacial score (nSPS) is 11.0. The van der Waals surface area contributed by atoms with Crippen LogP contribution in [0.3, 0.4) is 0 Å². The fourth-order valence-electron chi connectivity index (χ4n) is 2.17. The minimum atomic E-state index is -1.14. The van der Waals surface area contributed by atoms with Gasteiger partial charge in [0.25, 0.3) is 0 Å². The number of aromatic carboxylic acids is 1. The van der Waals surface area contributed by atoms with E-state index in [0.717, 1.165) is 16.7 Å². The average Bonchev–Trinajstić information content (AvgIpc) is 2.72. The lowest BCUT2D eigenvalue weighted by Gasteiger charge is -2.04. The zero-order valence-corrected chi connectivity index (χ0v) is 10.4. The third-order valence-corrected chi connectivity index (χ3v) is 3.03. The number of carboxylic acid groups (broad SMARTS) is 1. The van der Waals surface area contributed by atoms with Crippen molar-refractivity contribution in [3.63, 3.8) is 0 Å². The molecule has 0 fully saturated rings. The first-order valence-electron chi connectivity index (χ1n) is 5.90. The lowest BCUT2D eigenvalue weighted by Crippen LogP contribution is -2.14. The van der Waals surface area contributed by atoms with Gasteiger partial charge in [0.15, 0.2) is 0 Å². The van der Waals surface area contributed by atoms with E-state index in [1.807, 2.05) is 0 Å². The number of aromatic amines is 1. The third-order valence-electron chi connectivity index (χ3n) is 3.03. The molecule has 0 spiro atoms. The van der Waals surface area contributed by atoms with Crippen molar-refractivity contribution in [3.8, 4) is 5.69 Å². The van der Waals surface area contributed by atoms with Crippen LogP contribution < -0.4 is 5.69 Å². The number of hydrogen-bond donors (Lipinski definition) is 2. The number of benzene rings is 2. The Hall–Kier alpha value is -2.96. The lowest BCUT2D eigenvalue weighted by molar-refractivity contribution is 0.0697. The Bertz CT molecular complexity index is 907. The van der Waals surface area contributed by atoms with Gasteiger partial charge in [-0.25, -0.2) is 18.4 Å². The van der Waals surface area contributed by atoms with E-state index in [0.29, 0.717) is 11.6 Å². The van der Waals surface area contributed by atoms with Crippen LogP contribution in [0, 0.1) is 11.6 Å². The Morgan fingerprint density at radius 3 is 2.38 bits per heavy atom. The summed E-state index contributed by atoms with van der Waals surface area (Å²) < 4.78 is 27.6. The maximum Gasteiger partial charge on any atom is 0.335 e. The first-order chi connectivity index (χ1) is 9.95. The van der Waals surface area contributed by atoms with Crippen LogP contribution in [0.4, 0.5) is 8.78 Å². The molecule has 0 amide bonds. The van der Waals surface area contributed by atoms with Gasteiger partial charge in [0, 0.05) is 6.07 Å². The van der Waals surface area contributed by atoms with Crippen molar-refractivity contribution in [2.45, 2.75) is 0 Å². The number of carboxylic acids is 1. The fraction of sp³-hybridized carbons (Fsp3) is 0. The summed E-state index contributed by atoms with van der Waals surface area (Å²) in [5.74, 6) is -2.76. The first kappa shape index (κ1) is 13.0. The van der Waals surface area contributed by atoms with Crippen LogP contribution >= 0.6 is 0 Å². The molecule has 2 aromatic carbocycles. The molecule has 0 radical (unpaired) electrons. The van der Waals surface area contributed by atoms with Gasteiger partial charge in [-0.15, -0.1) is 0 Å². The summed E-state index contributed by atoms with van der Waals surface area (Å²) in [6.45, 7) is 0. The van der Waals surface area contributed by atoms with E-state index >= 15 is 0 Å². The van der Waals surface area contributed by atoms with E-state index in [4.69, 9.17) is 5.11 Å². The molecule has 1 aromatic heterocycles. The maximum atomic E-state index is 13.3. The maximum absolute atomic E-state index is 13.3. The van der Waals surface area contributed by atoms with Crippen molar-refractivity contribution < 1.29 is 18.7 Å². The number of fused-ring (bicyclic) bond motifs is 1. The molecule has 0 aliphatic rings. The van der Waals surface area contributed by atoms with E-state index in [2.05, 4.69) is 4.98 Å². The van der Waals surface area contributed by atoms with Crippen LogP contribution in [-0.4, -0.2) is 20.6 Å². The second kappa shape index (κ2) is 4.55. The highest BCUT2D eigenvalue weighted by Gasteiger charge is 2.13. The van der Waals surface area contributed by atoms with Gasteiger partial charge >= 0.3 is 11.7 Å². The van der Waals surface area contributed by atoms with Gasteiger partial charge in [0.05, 0.1) is 22.3 Å². The predicted octanol–water partition coefficient (Wildman–Crippen LogP) is 2.30. The van der Waals surface area contributed by atoms with Gasteiger partial charge in [-0.3, -0.25) is 4.57 Å². The highest BCUT2D eigenvalue weighted by molar-refractivity contribution is 5.92. The number of halogens is 2. The number of carbonyl (C=O) groups is 1. The molecular formula is C14H8F2N2O3. The number of hydrogen-bond acceptors (Lipinski definition) is 2. The average molecular weight is 290 g/mol. The molecule has 3 aromatic rings. The molecule has 0 aliphatic carbocycles. The molecule has 106 valence electrons. The highest BCUT2D eigenvalue weighted by Crippen LogP contribution is 2.18. The second-order valence-corrected chi connectivity index (χ2v) is 4.43. The minimum absolute atomic E-state index is 0.00122. The Morgan fingerprint density at radius 1 is 1.10 bits per heavy atom. The fourth-order valence-corrected chi connectivity index (χ4v) is 2.17. The first-order valence-corrected chi connectivity index (χ1v) is 5.90. The quantitative estimate of drug-likeness (QED) is 0.760. The number of H-pyrrole nitrogens is 1. The van der Waals surface area contributed by atoms with Crippen molar-refractivity contribution >= 4 is 17.0 Å². The van der Waals surface area contributed by atoms with Gasteiger partial charge < -0.3 is 10.1 Å². The van der Waals surface area contributed by atoms with Gasteiger partial charge in [-0.1, -0.05) is 0 Å². The molecule has 21 heavy (non-hydrogen) atoms. The molecule has 0 unspecified atom stereocenters. The molecule has 7 heteroatoms. The van der Waals surface area contributed by atoms with E-state index < -0.39 is 23.3 Å². The van der Waals surface area contributed by atoms with Gasteiger partial charge in [0.1, 0.15) is 11.6 Å². The van der Waals surface area contributed by atoms with Crippen molar-refractivity contribution in [2.75, 3.05) is 0 Å². The Labute approximate surface area is 116 Å². The molecule has 0 aliphatic heterocycles. The van der Waals surface area contributed by atoms with Crippen LogP contribution in [-0.2, 0) is 0 Å². The molecule has 3 rings (SSSR count). The molecule has 5 nitrogen and oxygen atoms in total. The second-order valence-electron chi connectivity index (χ2n) is 4.43. The minimum Gasteiger partial charge on any atom is -0.478 e. The van der Waals surface area contributed by atoms with Crippen LogP contribution in [0.2, 0.25) is 0 Å². The van der Waals surface area contributed by atoms with E-state index in [-0.39, 0.29) is 16.8 Å². The van der Waals surface area contributed by atoms with Crippen LogP contribution in [0.1, 0.15) is 10.4 Å². The summed E-state index contributed by atoms with van der Waals surface area (Å²) >= 11 is 0. The molecule has 0 bridgehead atoms. The summed E-state index contributed by atoms with van der Waals surface area (Å²) in [5.41, 5.74) is 0.00487. The zero-order chi connectivity index (χ0) is 15.1. The topological polar surface area (TPSA) is 75.1 Å². The van der Waals surface area contributed by atoms with Crippen molar-refractivity contribution in [2.24, 2.45) is 0 Å². The smallest absolute Gasteiger partial charge is 0.335 e. The Balaban J connectivity index is 2.30. The highest BCUT2D eigenvalue weighted by atomic mass is 19.1. The SMILES string of the molecule is O=C(O)c1ccc2c(c1)[nH]c(=O)n2-c1cc(F)cc(F)c1.